The van der Waals surface area contributed by atoms with Gasteiger partial charge in [0.05, 0.1) is 17.2 Å². The Kier molecular flexibility index (Phi) is 5.23. The number of hydrogen-bond donors (Lipinski definition) is 0. The van der Waals surface area contributed by atoms with Crippen LogP contribution in [0, 0.1) is 17.2 Å². The third-order valence-corrected chi connectivity index (χ3v) is 5.03. The van der Waals surface area contributed by atoms with E-state index in [9.17, 15) is 28.0 Å². The lowest BCUT2D eigenvalue weighted by atomic mass is 9.83. The van der Waals surface area contributed by atoms with Crippen molar-refractivity contribution in [2.24, 2.45) is 5.92 Å². The van der Waals surface area contributed by atoms with E-state index in [1.807, 2.05) is 6.07 Å². The van der Waals surface area contributed by atoms with Crippen LogP contribution in [0.1, 0.15) is 28.2 Å². The average molecular weight is 386 g/mol. The first kappa shape index (κ1) is 19.6. The maximum absolute atomic E-state index is 12.9. The summed E-state index contributed by atoms with van der Waals surface area (Å²) in [6.45, 7) is 0.250. The van der Waals surface area contributed by atoms with E-state index < -0.39 is 23.6 Å². The van der Waals surface area contributed by atoms with E-state index in [1.54, 1.807) is 31.3 Å². The van der Waals surface area contributed by atoms with Crippen molar-refractivity contribution >= 4 is 11.7 Å². The maximum atomic E-state index is 12.9. The van der Waals surface area contributed by atoms with Crippen LogP contribution in [-0.4, -0.2) is 30.2 Å². The lowest BCUT2D eigenvalue weighted by Gasteiger charge is -2.17. The number of benzene rings is 2. The van der Waals surface area contributed by atoms with Crippen molar-refractivity contribution < 1.29 is 22.8 Å². The van der Waals surface area contributed by atoms with Crippen molar-refractivity contribution in [3.05, 3.63) is 70.8 Å². The summed E-state index contributed by atoms with van der Waals surface area (Å²) in [4.78, 5) is 26.9. The van der Waals surface area contributed by atoms with Crippen LogP contribution < -0.4 is 0 Å². The third kappa shape index (κ3) is 3.77. The van der Waals surface area contributed by atoms with Gasteiger partial charge in [-0.3, -0.25) is 9.59 Å². The van der Waals surface area contributed by atoms with E-state index in [-0.39, 0.29) is 24.7 Å². The molecule has 144 valence electrons. The summed E-state index contributed by atoms with van der Waals surface area (Å²) < 4.78 is 38.4. The van der Waals surface area contributed by atoms with Crippen LogP contribution in [0.4, 0.5) is 13.2 Å². The minimum Gasteiger partial charge on any atom is -0.344 e. The first-order valence-electron chi connectivity index (χ1n) is 8.65. The monoisotopic (exact) mass is 386 g/mol. The van der Waals surface area contributed by atoms with Gasteiger partial charge in [-0.25, -0.2) is 0 Å². The van der Waals surface area contributed by atoms with Crippen molar-refractivity contribution in [3.63, 3.8) is 0 Å². The lowest BCUT2D eigenvalue weighted by molar-refractivity contribution is -0.138. The summed E-state index contributed by atoms with van der Waals surface area (Å²) in [5, 5.41) is 9.18. The molecule has 2 aromatic carbocycles. The molecule has 0 unspecified atom stereocenters. The standard InChI is InChI=1S/C21H17F3N2O2/c1-26-12-17(13-6-8-16(9-7-13)21(22,23)24)19(20(26)28)18(27)10-14-4-2-3-5-15(14)11-25/h2-9,17,19H,10,12H2,1H3/t17-,19+/m1/s1. The average Bonchev–Trinajstić information content (AvgIpc) is 2.96. The molecule has 1 aliphatic rings. The molecule has 0 saturated carbocycles. The molecule has 4 nitrogen and oxygen atoms in total. The summed E-state index contributed by atoms with van der Waals surface area (Å²) in [5.41, 5.74) is 0.627. The number of nitriles is 1. The van der Waals surface area contributed by atoms with Gasteiger partial charge < -0.3 is 4.90 Å². The number of halogens is 3. The Morgan fingerprint density at radius 2 is 1.82 bits per heavy atom. The summed E-state index contributed by atoms with van der Waals surface area (Å²) in [6.07, 6.45) is -4.53. The molecule has 1 saturated heterocycles. The fourth-order valence-electron chi connectivity index (χ4n) is 3.56. The highest BCUT2D eigenvalue weighted by Crippen LogP contribution is 2.36. The Morgan fingerprint density at radius 3 is 2.43 bits per heavy atom. The second-order valence-corrected chi connectivity index (χ2v) is 6.83. The van der Waals surface area contributed by atoms with Crippen LogP contribution in [-0.2, 0) is 22.2 Å². The summed E-state index contributed by atoms with van der Waals surface area (Å²) >= 11 is 0. The van der Waals surface area contributed by atoms with Gasteiger partial charge in [-0.05, 0) is 29.3 Å². The molecule has 7 heteroatoms. The minimum absolute atomic E-state index is 0.0783. The second kappa shape index (κ2) is 7.47. The Morgan fingerprint density at radius 1 is 1.18 bits per heavy atom. The van der Waals surface area contributed by atoms with Crippen molar-refractivity contribution in [3.8, 4) is 6.07 Å². The summed E-state index contributed by atoms with van der Waals surface area (Å²) in [7, 11) is 1.57. The number of Topliss-reactive ketones (excluding diaryl/α,β-unsaturated/α-hetero) is 1. The van der Waals surface area contributed by atoms with Crippen LogP contribution in [0.3, 0.4) is 0 Å². The number of likely N-dealkylation sites (N-methyl/N-ethyl adjacent to an activating group) is 1. The van der Waals surface area contributed by atoms with Crippen LogP contribution in [0.2, 0.25) is 0 Å². The number of alkyl halides is 3. The van der Waals surface area contributed by atoms with Gasteiger partial charge in [-0.1, -0.05) is 30.3 Å². The Hall–Kier alpha value is -3.14. The Balaban J connectivity index is 1.88. The van der Waals surface area contributed by atoms with Gasteiger partial charge in [0, 0.05) is 25.9 Å². The number of carbonyl (C=O) groups excluding carboxylic acids is 2. The number of amides is 1. The van der Waals surface area contributed by atoms with Crippen LogP contribution in [0.25, 0.3) is 0 Å². The SMILES string of the molecule is CN1C[C@H](c2ccc(C(F)(F)F)cc2)[C@@H](C(=O)Cc2ccccc2C#N)C1=O. The van der Waals surface area contributed by atoms with Gasteiger partial charge in [-0.15, -0.1) is 0 Å². The summed E-state index contributed by atoms with van der Waals surface area (Å²) in [5.74, 6) is -2.21. The predicted molar refractivity (Wildman–Crippen MR) is 95.2 cm³/mol. The molecule has 1 amide bonds. The lowest BCUT2D eigenvalue weighted by Crippen LogP contribution is -2.29. The van der Waals surface area contributed by atoms with E-state index in [0.717, 1.165) is 12.1 Å². The fraction of sp³-hybridized carbons (Fsp3) is 0.286. The normalized spacial score (nSPS) is 19.5. The predicted octanol–water partition coefficient (Wildman–Crippen LogP) is 3.56. The molecule has 1 fully saturated rings. The first-order valence-corrected chi connectivity index (χ1v) is 8.65. The van der Waals surface area contributed by atoms with Crippen molar-refractivity contribution in [1.82, 2.24) is 4.90 Å². The van der Waals surface area contributed by atoms with E-state index in [1.165, 1.54) is 17.0 Å². The Bertz CT molecular complexity index is 945. The molecule has 3 rings (SSSR count). The van der Waals surface area contributed by atoms with Crippen molar-refractivity contribution in [1.29, 1.82) is 5.26 Å². The van der Waals surface area contributed by atoms with Crippen molar-refractivity contribution in [2.75, 3.05) is 13.6 Å². The Labute approximate surface area is 160 Å². The fourth-order valence-corrected chi connectivity index (χ4v) is 3.56. The number of ketones is 1. The summed E-state index contributed by atoms with van der Waals surface area (Å²) in [6, 6.07) is 13.2. The zero-order valence-electron chi connectivity index (χ0n) is 15.0. The number of carbonyl (C=O) groups is 2. The smallest absolute Gasteiger partial charge is 0.344 e. The van der Waals surface area contributed by atoms with E-state index in [2.05, 4.69) is 0 Å². The third-order valence-electron chi connectivity index (χ3n) is 5.03. The highest BCUT2D eigenvalue weighted by atomic mass is 19.4. The minimum atomic E-state index is -4.45. The molecule has 28 heavy (non-hydrogen) atoms. The molecule has 0 spiro atoms. The number of rotatable bonds is 4. The maximum Gasteiger partial charge on any atom is 0.416 e. The highest BCUT2D eigenvalue weighted by Gasteiger charge is 2.44. The highest BCUT2D eigenvalue weighted by molar-refractivity contribution is 6.04. The van der Waals surface area contributed by atoms with E-state index in [0.29, 0.717) is 16.7 Å². The second-order valence-electron chi connectivity index (χ2n) is 6.83. The van der Waals surface area contributed by atoms with Crippen LogP contribution in [0.5, 0.6) is 0 Å². The zero-order valence-corrected chi connectivity index (χ0v) is 15.0. The van der Waals surface area contributed by atoms with Gasteiger partial charge in [0.1, 0.15) is 11.7 Å². The number of hydrogen-bond acceptors (Lipinski definition) is 3. The van der Waals surface area contributed by atoms with Gasteiger partial charge in [0.2, 0.25) is 5.91 Å². The van der Waals surface area contributed by atoms with Gasteiger partial charge >= 0.3 is 6.18 Å². The number of nitrogens with zero attached hydrogens (tertiary/aromatic N) is 2. The molecule has 2 atom stereocenters. The molecule has 0 N–H and O–H groups in total. The van der Waals surface area contributed by atoms with Crippen molar-refractivity contribution in [2.45, 2.75) is 18.5 Å². The molecule has 2 aromatic rings. The van der Waals surface area contributed by atoms with Crippen LogP contribution in [0.15, 0.2) is 48.5 Å². The molecule has 1 heterocycles. The van der Waals surface area contributed by atoms with Gasteiger partial charge in [0.25, 0.3) is 0 Å². The van der Waals surface area contributed by atoms with Gasteiger partial charge in [-0.2, -0.15) is 18.4 Å². The molecular weight excluding hydrogens is 369 g/mol. The van der Waals surface area contributed by atoms with Gasteiger partial charge in [0.15, 0.2) is 0 Å². The molecule has 0 aliphatic carbocycles. The molecular formula is C21H17F3N2O2. The first-order chi connectivity index (χ1) is 13.2. The number of likely N-dealkylation sites (tertiary alicyclic amines) is 1. The van der Waals surface area contributed by atoms with E-state index >= 15 is 0 Å². The molecule has 0 bridgehead atoms. The van der Waals surface area contributed by atoms with Crippen LogP contribution >= 0.6 is 0 Å². The zero-order chi connectivity index (χ0) is 20.5. The quantitative estimate of drug-likeness (QED) is 0.755. The molecule has 0 radical (unpaired) electrons. The molecule has 1 aliphatic heterocycles. The topological polar surface area (TPSA) is 61.2 Å². The molecule has 0 aromatic heterocycles. The van der Waals surface area contributed by atoms with E-state index in [4.69, 9.17) is 0 Å². The largest absolute Gasteiger partial charge is 0.416 e.